The van der Waals surface area contributed by atoms with Crippen molar-refractivity contribution < 1.29 is 14.7 Å². The number of para-hydroxylation sites is 1. The number of pyridine rings is 1. The van der Waals surface area contributed by atoms with Crippen molar-refractivity contribution in [2.75, 3.05) is 10.2 Å². The molecule has 3 aromatic rings. The molecule has 1 aromatic carbocycles. The molecule has 2 aromatic heterocycles. The van der Waals surface area contributed by atoms with Crippen LogP contribution in [0.15, 0.2) is 42.6 Å². The fourth-order valence-corrected chi connectivity index (χ4v) is 3.53. The second-order valence-corrected chi connectivity index (χ2v) is 5.72. The number of carbonyl (C=O) groups is 2. The first-order valence-corrected chi connectivity index (χ1v) is 7.29. The molecule has 3 heterocycles. The van der Waals surface area contributed by atoms with Gasteiger partial charge in [-0.25, -0.2) is 14.6 Å². The molecule has 0 saturated carbocycles. The Kier molecular flexibility index (Phi) is 2.64. The van der Waals surface area contributed by atoms with E-state index >= 15 is 0 Å². The lowest BCUT2D eigenvalue weighted by Gasteiger charge is -2.28. The Morgan fingerprint density at radius 3 is 2.73 bits per heavy atom. The molecule has 0 fully saturated rings. The van der Waals surface area contributed by atoms with Gasteiger partial charge in [0.1, 0.15) is 9.71 Å². The van der Waals surface area contributed by atoms with E-state index in [9.17, 15) is 14.7 Å². The number of carbonyl (C=O) groups excluding carboxylic acids is 1. The highest BCUT2D eigenvalue weighted by Gasteiger charge is 2.32. The molecule has 0 saturated heterocycles. The maximum absolute atomic E-state index is 12.5. The third-order valence-electron chi connectivity index (χ3n) is 3.45. The number of benzene rings is 1. The van der Waals surface area contributed by atoms with E-state index in [2.05, 4.69) is 10.3 Å². The van der Waals surface area contributed by atoms with Crippen molar-refractivity contribution >= 4 is 50.6 Å². The summed E-state index contributed by atoms with van der Waals surface area (Å²) in [5.74, 6) is -1.07. The summed E-state index contributed by atoms with van der Waals surface area (Å²) in [6.07, 6.45) is 1.58. The first-order valence-electron chi connectivity index (χ1n) is 6.48. The fourth-order valence-electron chi connectivity index (χ4n) is 2.57. The first-order chi connectivity index (χ1) is 10.7. The van der Waals surface area contributed by atoms with Crippen LogP contribution in [0.25, 0.3) is 10.2 Å². The maximum Gasteiger partial charge on any atom is 0.348 e. The fraction of sp³-hybridized carbons (Fsp3) is 0. The number of hydrogen-bond acceptors (Lipinski definition) is 4. The average Bonchev–Trinajstić information content (AvgIpc) is 2.89. The van der Waals surface area contributed by atoms with Crippen LogP contribution in [-0.2, 0) is 0 Å². The van der Waals surface area contributed by atoms with Crippen LogP contribution in [0.1, 0.15) is 9.67 Å². The predicted octanol–water partition coefficient (Wildman–Crippen LogP) is 3.68. The minimum absolute atomic E-state index is 0.0935. The lowest BCUT2D eigenvalue weighted by atomic mass is 10.1. The summed E-state index contributed by atoms with van der Waals surface area (Å²) in [5, 5.41) is 12.6. The Labute approximate surface area is 128 Å². The molecule has 1 aliphatic rings. The molecule has 0 radical (unpaired) electrons. The number of carboxylic acids is 1. The second kappa shape index (κ2) is 4.54. The number of carboxylic acid groups (broad SMARTS) is 1. The lowest BCUT2D eigenvalue weighted by molar-refractivity contribution is 0.0703. The van der Waals surface area contributed by atoms with Gasteiger partial charge in [-0.2, -0.15) is 0 Å². The van der Waals surface area contributed by atoms with Crippen LogP contribution in [0.2, 0.25) is 0 Å². The summed E-state index contributed by atoms with van der Waals surface area (Å²) in [6.45, 7) is 0. The van der Waals surface area contributed by atoms with E-state index < -0.39 is 5.97 Å². The summed E-state index contributed by atoms with van der Waals surface area (Å²) < 4.78 is 0. The van der Waals surface area contributed by atoms with E-state index in [0.717, 1.165) is 11.3 Å². The molecule has 1 aliphatic heterocycles. The van der Waals surface area contributed by atoms with Gasteiger partial charge in [-0.05, 0) is 18.2 Å². The number of hydrogen-bond donors (Lipinski definition) is 2. The van der Waals surface area contributed by atoms with Crippen LogP contribution < -0.4 is 10.2 Å². The van der Waals surface area contributed by atoms with Crippen LogP contribution in [0.3, 0.4) is 0 Å². The Hall–Kier alpha value is -2.93. The smallest absolute Gasteiger partial charge is 0.348 e. The van der Waals surface area contributed by atoms with E-state index in [0.29, 0.717) is 27.3 Å². The molecule has 6 nitrogen and oxygen atoms in total. The number of nitrogens with one attached hydrogen (secondary N) is 1. The van der Waals surface area contributed by atoms with Gasteiger partial charge in [0.25, 0.3) is 0 Å². The van der Waals surface area contributed by atoms with Crippen LogP contribution in [-0.4, -0.2) is 22.1 Å². The molecular weight excluding hydrogens is 302 g/mol. The minimum atomic E-state index is -1.07. The topological polar surface area (TPSA) is 82.5 Å². The predicted molar refractivity (Wildman–Crippen MR) is 84.2 cm³/mol. The molecule has 0 unspecified atom stereocenters. The third-order valence-corrected chi connectivity index (χ3v) is 4.54. The van der Waals surface area contributed by atoms with Crippen molar-refractivity contribution in [3.8, 4) is 0 Å². The van der Waals surface area contributed by atoms with Gasteiger partial charge in [-0.3, -0.25) is 4.90 Å². The van der Waals surface area contributed by atoms with Gasteiger partial charge in [0.2, 0.25) is 0 Å². The number of rotatable bonds is 2. The van der Waals surface area contributed by atoms with Gasteiger partial charge in [-0.1, -0.05) is 18.2 Å². The van der Waals surface area contributed by atoms with E-state index in [-0.39, 0.29) is 10.9 Å². The molecule has 2 amide bonds. The van der Waals surface area contributed by atoms with E-state index in [1.54, 1.807) is 12.3 Å². The molecular formula is C15H9N3O3S. The first kappa shape index (κ1) is 12.8. The highest BCUT2D eigenvalue weighted by atomic mass is 32.1. The highest BCUT2D eigenvalue weighted by Crippen LogP contribution is 2.45. The zero-order chi connectivity index (χ0) is 15.3. The summed E-state index contributed by atoms with van der Waals surface area (Å²) in [4.78, 5) is 30.3. The molecule has 0 aliphatic carbocycles. The zero-order valence-corrected chi connectivity index (χ0v) is 11.9. The second-order valence-electron chi connectivity index (χ2n) is 4.72. The minimum Gasteiger partial charge on any atom is -0.477 e. The van der Waals surface area contributed by atoms with Crippen LogP contribution in [0, 0.1) is 0 Å². The van der Waals surface area contributed by atoms with Crippen molar-refractivity contribution in [3.63, 3.8) is 0 Å². The maximum atomic E-state index is 12.5. The van der Waals surface area contributed by atoms with E-state index in [1.165, 1.54) is 4.90 Å². The van der Waals surface area contributed by atoms with E-state index in [4.69, 9.17) is 0 Å². The summed E-state index contributed by atoms with van der Waals surface area (Å²) in [6, 6.07) is 10.5. The quantitative estimate of drug-likeness (QED) is 0.756. The van der Waals surface area contributed by atoms with Crippen LogP contribution >= 0.6 is 11.3 Å². The summed E-state index contributed by atoms with van der Waals surface area (Å²) in [5.41, 5.74) is 1.67. The molecule has 2 N–H and O–H groups in total. The van der Waals surface area contributed by atoms with Gasteiger partial charge in [0, 0.05) is 6.20 Å². The molecule has 0 atom stereocenters. The van der Waals surface area contributed by atoms with E-state index in [1.807, 2.05) is 30.3 Å². The van der Waals surface area contributed by atoms with Crippen molar-refractivity contribution in [2.24, 2.45) is 0 Å². The molecule has 0 spiro atoms. The molecule has 108 valence electrons. The van der Waals surface area contributed by atoms with Gasteiger partial charge in [-0.15, -0.1) is 11.3 Å². The number of amides is 2. The zero-order valence-electron chi connectivity index (χ0n) is 11.1. The monoisotopic (exact) mass is 311 g/mol. The highest BCUT2D eigenvalue weighted by molar-refractivity contribution is 7.21. The number of aromatic nitrogens is 1. The number of anilines is 3. The molecule has 22 heavy (non-hydrogen) atoms. The molecule has 0 bridgehead atoms. The average molecular weight is 311 g/mol. The number of nitrogens with zero attached hydrogens (tertiary/aromatic N) is 2. The Morgan fingerprint density at radius 2 is 2.00 bits per heavy atom. The summed E-state index contributed by atoms with van der Waals surface area (Å²) in [7, 11) is 0. The van der Waals surface area contributed by atoms with Gasteiger partial charge >= 0.3 is 12.0 Å². The number of urea groups is 1. The third kappa shape index (κ3) is 1.69. The molecule has 7 heteroatoms. The Morgan fingerprint density at radius 1 is 1.23 bits per heavy atom. The normalized spacial score (nSPS) is 13.3. The summed E-state index contributed by atoms with van der Waals surface area (Å²) >= 11 is 1.06. The van der Waals surface area contributed by atoms with Gasteiger partial charge in [0.05, 0.1) is 22.4 Å². The SMILES string of the molecule is O=C(O)c1sc2nccc3c2c1NC(=O)N3c1ccccc1. The largest absolute Gasteiger partial charge is 0.477 e. The van der Waals surface area contributed by atoms with Crippen LogP contribution in [0.4, 0.5) is 21.9 Å². The van der Waals surface area contributed by atoms with Crippen molar-refractivity contribution in [2.45, 2.75) is 0 Å². The molecule has 4 rings (SSSR count). The van der Waals surface area contributed by atoms with Crippen molar-refractivity contribution in [1.29, 1.82) is 0 Å². The standard InChI is InChI=1S/C15H9N3O3S/c19-14(20)12-11-10-9(6-7-16-13(10)22-12)18(15(21)17-11)8-4-2-1-3-5-8/h1-7H,(H,17,21)(H,19,20). The lowest BCUT2D eigenvalue weighted by Crippen LogP contribution is -2.34. The van der Waals surface area contributed by atoms with Crippen molar-refractivity contribution in [1.82, 2.24) is 4.98 Å². The Balaban J connectivity index is 2.03. The van der Waals surface area contributed by atoms with Crippen molar-refractivity contribution in [3.05, 3.63) is 47.5 Å². The number of thiophene rings is 1. The van der Waals surface area contributed by atoms with Crippen LogP contribution in [0.5, 0.6) is 0 Å². The van der Waals surface area contributed by atoms with Gasteiger partial charge in [0.15, 0.2) is 0 Å². The van der Waals surface area contributed by atoms with Gasteiger partial charge < -0.3 is 10.4 Å². The Bertz CT molecular complexity index is 920. The number of aromatic carboxylic acids is 1.